The van der Waals surface area contributed by atoms with Crippen LogP contribution in [-0.2, 0) is 0 Å². The molecule has 0 aliphatic heterocycles. The molecule has 0 fully saturated rings. The molecule has 5 nitrogen and oxygen atoms in total. The lowest BCUT2D eigenvalue weighted by molar-refractivity contribution is 0.102. The molecule has 0 aromatic carbocycles. The third-order valence-corrected chi connectivity index (χ3v) is 2.19. The molecule has 2 heterocycles. The number of pyridine rings is 2. The first-order valence-corrected chi connectivity index (χ1v) is 5.12. The summed E-state index contributed by atoms with van der Waals surface area (Å²) in [7, 11) is 0. The number of nitrogens with one attached hydrogen (secondary N) is 1. The Labute approximate surface area is 98.7 Å². The Morgan fingerprint density at radius 1 is 1.29 bits per heavy atom. The molecule has 2 aromatic heterocycles. The van der Waals surface area contributed by atoms with Crippen molar-refractivity contribution in [2.75, 3.05) is 11.1 Å². The number of aromatic nitrogens is 2. The van der Waals surface area contributed by atoms with Gasteiger partial charge >= 0.3 is 0 Å². The van der Waals surface area contributed by atoms with Gasteiger partial charge in [-0.05, 0) is 31.2 Å². The molecule has 1 amide bonds. The second kappa shape index (κ2) is 4.61. The third-order valence-electron chi connectivity index (χ3n) is 2.19. The molecule has 0 saturated carbocycles. The largest absolute Gasteiger partial charge is 0.396 e. The molecule has 5 heteroatoms. The van der Waals surface area contributed by atoms with Crippen molar-refractivity contribution in [2.45, 2.75) is 6.92 Å². The van der Waals surface area contributed by atoms with E-state index in [1.165, 1.54) is 0 Å². The number of hydrogen-bond acceptors (Lipinski definition) is 4. The molecule has 2 aromatic rings. The monoisotopic (exact) mass is 228 g/mol. The molecule has 0 unspecified atom stereocenters. The van der Waals surface area contributed by atoms with Crippen molar-refractivity contribution in [3.63, 3.8) is 0 Å². The predicted molar refractivity (Wildman–Crippen MR) is 65.6 cm³/mol. The van der Waals surface area contributed by atoms with E-state index in [1.54, 1.807) is 30.5 Å². The van der Waals surface area contributed by atoms with Crippen molar-refractivity contribution in [3.05, 3.63) is 47.9 Å². The number of nitrogens with zero attached hydrogens (tertiary/aromatic N) is 2. The van der Waals surface area contributed by atoms with Crippen molar-refractivity contribution in [3.8, 4) is 0 Å². The van der Waals surface area contributed by atoms with Crippen LogP contribution in [-0.4, -0.2) is 15.9 Å². The van der Waals surface area contributed by atoms with Gasteiger partial charge in [-0.2, -0.15) is 0 Å². The summed E-state index contributed by atoms with van der Waals surface area (Å²) in [5, 5.41) is 2.62. The summed E-state index contributed by atoms with van der Waals surface area (Å²) in [5.74, 6) is 0.0277. The van der Waals surface area contributed by atoms with Crippen LogP contribution in [0.25, 0.3) is 0 Å². The number of aryl methyl sites for hydroxylation is 1. The maximum Gasteiger partial charge on any atom is 0.275 e. The Balaban J connectivity index is 2.20. The highest BCUT2D eigenvalue weighted by Crippen LogP contribution is 2.13. The minimum atomic E-state index is -0.320. The van der Waals surface area contributed by atoms with E-state index < -0.39 is 0 Å². The highest BCUT2D eigenvalue weighted by molar-refractivity contribution is 6.03. The number of nitrogen functional groups attached to an aromatic ring is 1. The quantitative estimate of drug-likeness (QED) is 0.818. The standard InChI is InChI=1S/C12H12N4O/c1-8-4-2-6-10(15-8)12(17)16-11-9(13)5-3-7-14-11/h2-7H,13H2,1H3,(H,14,16,17). The number of nitrogens with two attached hydrogens (primary N) is 1. The van der Waals surface area contributed by atoms with Crippen LogP contribution in [0.3, 0.4) is 0 Å². The van der Waals surface area contributed by atoms with Crippen LogP contribution in [0.15, 0.2) is 36.5 Å². The van der Waals surface area contributed by atoms with Crippen LogP contribution in [0.4, 0.5) is 11.5 Å². The zero-order valence-electron chi connectivity index (χ0n) is 9.34. The van der Waals surface area contributed by atoms with Gasteiger partial charge in [0.25, 0.3) is 5.91 Å². The third kappa shape index (κ3) is 2.57. The van der Waals surface area contributed by atoms with Gasteiger partial charge in [-0.25, -0.2) is 9.97 Å². The summed E-state index contributed by atoms with van der Waals surface area (Å²) >= 11 is 0. The minimum Gasteiger partial charge on any atom is -0.396 e. The second-order valence-corrected chi connectivity index (χ2v) is 3.56. The van der Waals surface area contributed by atoms with Gasteiger partial charge in [0, 0.05) is 11.9 Å². The normalized spacial score (nSPS) is 9.94. The van der Waals surface area contributed by atoms with E-state index in [9.17, 15) is 4.79 Å². The lowest BCUT2D eigenvalue weighted by Crippen LogP contribution is -2.15. The van der Waals surface area contributed by atoms with Crippen molar-refractivity contribution >= 4 is 17.4 Å². The predicted octanol–water partition coefficient (Wildman–Crippen LogP) is 1.62. The fourth-order valence-corrected chi connectivity index (χ4v) is 1.36. The maximum absolute atomic E-state index is 11.8. The molecule has 86 valence electrons. The average Bonchev–Trinajstić information content (AvgIpc) is 2.32. The van der Waals surface area contributed by atoms with Gasteiger partial charge in [-0.15, -0.1) is 0 Å². The maximum atomic E-state index is 11.8. The van der Waals surface area contributed by atoms with Crippen molar-refractivity contribution in [1.82, 2.24) is 9.97 Å². The molecule has 0 atom stereocenters. The topological polar surface area (TPSA) is 80.9 Å². The lowest BCUT2D eigenvalue weighted by atomic mass is 10.3. The molecule has 0 aliphatic rings. The van der Waals surface area contributed by atoms with Gasteiger partial charge in [0.05, 0.1) is 5.69 Å². The van der Waals surface area contributed by atoms with Crippen LogP contribution in [0.5, 0.6) is 0 Å². The second-order valence-electron chi connectivity index (χ2n) is 3.56. The molecular weight excluding hydrogens is 216 g/mol. The van der Waals surface area contributed by atoms with Crippen LogP contribution in [0.1, 0.15) is 16.2 Å². The van der Waals surface area contributed by atoms with Crippen molar-refractivity contribution in [1.29, 1.82) is 0 Å². The Morgan fingerprint density at radius 2 is 2.12 bits per heavy atom. The van der Waals surface area contributed by atoms with Crippen molar-refractivity contribution in [2.24, 2.45) is 0 Å². The molecule has 17 heavy (non-hydrogen) atoms. The summed E-state index contributed by atoms with van der Waals surface area (Å²) in [6.45, 7) is 1.83. The highest BCUT2D eigenvalue weighted by Gasteiger charge is 2.09. The molecule has 0 spiro atoms. The molecular formula is C12H12N4O. The summed E-state index contributed by atoms with van der Waals surface area (Å²) < 4.78 is 0. The number of carbonyl (C=O) groups excluding carboxylic acids is 1. The summed E-state index contributed by atoms with van der Waals surface area (Å²) in [5.41, 5.74) is 7.23. The summed E-state index contributed by atoms with van der Waals surface area (Å²) in [6, 6.07) is 8.62. The van der Waals surface area contributed by atoms with Crippen LogP contribution >= 0.6 is 0 Å². The Hall–Kier alpha value is -2.43. The van der Waals surface area contributed by atoms with Gasteiger partial charge < -0.3 is 11.1 Å². The van der Waals surface area contributed by atoms with Gasteiger partial charge in [0.2, 0.25) is 0 Å². The Morgan fingerprint density at radius 3 is 2.82 bits per heavy atom. The number of carbonyl (C=O) groups is 1. The number of hydrogen-bond donors (Lipinski definition) is 2. The number of rotatable bonds is 2. The highest BCUT2D eigenvalue weighted by atomic mass is 16.1. The molecule has 2 rings (SSSR count). The minimum absolute atomic E-state index is 0.320. The first-order chi connectivity index (χ1) is 8.16. The van der Waals surface area contributed by atoms with E-state index in [4.69, 9.17) is 5.73 Å². The molecule has 3 N–H and O–H groups in total. The van der Waals surface area contributed by atoms with Crippen LogP contribution in [0, 0.1) is 6.92 Å². The first kappa shape index (κ1) is 11.1. The molecule has 0 bridgehead atoms. The first-order valence-electron chi connectivity index (χ1n) is 5.12. The molecule has 0 radical (unpaired) electrons. The van der Waals surface area contributed by atoms with E-state index in [0.717, 1.165) is 5.69 Å². The van der Waals surface area contributed by atoms with Crippen LogP contribution in [0.2, 0.25) is 0 Å². The Kier molecular flexibility index (Phi) is 3.00. The van der Waals surface area contributed by atoms with E-state index in [-0.39, 0.29) is 5.91 Å². The van der Waals surface area contributed by atoms with Gasteiger partial charge in [-0.1, -0.05) is 6.07 Å². The summed E-state index contributed by atoms with van der Waals surface area (Å²) in [4.78, 5) is 19.9. The zero-order valence-corrected chi connectivity index (χ0v) is 9.34. The van der Waals surface area contributed by atoms with E-state index in [1.807, 2.05) is 13.0 Å². The van der Waals surface area contributed by atoms with E-state index in [2.05, 4.69) is 15.3 Å². The van der Waals surface area contributed by atoms with Crippen LogP contribution < -0.4 is 11.1 Å². The van der Waals surface area contributed by atoms with Crippen molar-refractivity contribution < 1.29 is 4.79 Å². The van der Waals surface area contributed by atoms with Gasteiger partial charge in [-0.3, -0.25) is 4.79 Å². The van der Waals surface area contributed by atoms with Gasteiger partial charge in [0.15, 0.2) is 5.82 Å². The van der Waals surface area contributed by atoms with E-state index >= 15 is 0 Å². The summed E-state index contributed by atoms with van der Waals surface area (Å²) in [6.07, 6.45) is 1.57. The number of amides is 1. The Bertz CT molecular complexity index is 554. The fraction of sp³-hybridized carbons (Fsp3) is 0.0833. The average molecular weight is 228 g/mol. The zero-order chi connectivity index (χ0) is 12.3. The molecule has 0 saturated heterocycles. The molecule has 0 aliphatic carbocycles. The van der Waals surface area contributed by atoms with E-state index in [0.29, 0.717) is 17.2 Å². The lowest BCUT2D eigenvalue weighted by Gasteiger charge is -2.06. The number of anilines is 2. The fourth-order valence-electron chi connectivity index (χ4n) is 1.36. The van der Waals surface area contributed by atoms with Gasteiger partial charge in [0.1, 0.15) is 5.69 Å². The SMILES string of the molecule is Cc1cccc(C(=O)Nc2ncccc2N)n1. The smallest absolute Gasteiger partial charge is 0.275 e.